The fourth-order valence-electron chi connectivity index (χ4n) is 3.83. The van der Waals surface area contributed by atoms with E-state index in [1.807, 2.05) is 60.7 Å². The predicted octanol–water partition coefficient (Wildman–Crippen LogP) is 3.70. The van der Waals surface area contributed by atoms with Gasteiger partial charge in [0.15, 0.2) is 5.11 Å². The van der Waals surface area contributed by atoms with E-state index in [9.17, 15) is 4.79 Å². The fourth-order valence-corrected chi connectivity index (χ4v) is 4.26. The van der Waals surface area contributed by atoms with Crippen LogP contribution >= 0.6 is 28.1 Å². The summed E-state index contributed by atoms with van der Waals surface area (Å²) in [6.07, 6.45) is 11.7. The number of amides is 1. The van der Waals surface area contributed by atoms with Crippen molar-refractivity contribution in [2.75, 3.05) is 18.0 Å². The van der Waals surface area contributed by atoms with E-state index in [0.717, 1.165) is 28.8 Å². The van der Waals surface area contributed by atoms with Crippen molar-refractivity contribution in [2.24, 2.45) is 10.8 Å². The van der Waals surface area contributed by atoms with Crippen LogP contribution in [-0.4, -0.2) is 45.9 Å². The van der Waals surface area contributed by atoms with Crippen molar-refractivity contribution in [3.8, 4) is 0 Å². The summed E-state index contributed by atoms with van der Waals surface area (Å²) in [5.74, 6) is 0.252. The summed E-state index contributed by atoms with van der Waals surface area (Å²) < 4.78 is 0.818. The lowest BCUT2D eigenvalue weighted by atomic mass is 10.0. The Morgan fingerprint density at radius 3 is 2.48 bits per heavy atom. The first-order valence-corrected chi connectivity index (χ1v) is 12.0. The molecule has 1 saturated heterocycles. The molecule has 3 N–H and O–H groups in total. The first-order chi connectivity index (χ1) is 16.0. The highest BCUT2D eigenvalue weighted by molar-refractivity contribution is 9.10. The molecule has 1 amide bonds. The Morgan fingerprint density at radius 1 is 1.18 bits per heavy atom. The number of aromatic nitrogens is 1. The second-order valence-electron chi connectivity index (χ2n) is 7.79. The number of hydrogen-bond donors (Lipinski definition) is 2. The Balaban J connectivity index is 1.56. The van der Waals surface area contributed by atoms with Crippen molar-refractivity contribution in [1.82, 2.24) is 15.3 Å². The zero-order chi connectivity index (χ0) is 23.2. The van der Waals surface area contributed by atoms with Gasteiger partial charge in [-0.1, -0.05) is 42.5 Å². The molecule has 2 heterocycles. The third-order valence-electron chi connectivity index (χ3n) is 5.41. The molecule has 1 aromatic carbocycles. The van der Waals surface area contributed by atoms with Crippen molar-refractivity contribution < 1.29 is 4.79 Å². The van der Waals surface area contributed by atoms with Crippen molar-refractivity contribution in [3.63, 3.8) is 0 Å². The van der Waals surface area contributed by atoms with Gasteiger partial charge in [0.1, 0.15) is 11.9 Å². The lowest BCUT2D eigenvalue weighted by Crippen LogP contribution is -2.48. The summed E-state index contributed by atoms with van der Waals surface area (Å²) >= 11 is 8.73. The van der Waals surface area contributed by atoms with Gasteiger partial charge in [0, 0.05) is 23.8 Å². The Morgan fingerprint density at radius 2 is 1.88 bits per heavy atom. The van der Waals surface area contributed by atoms with Gasteiger partial charge in [0.2, 0.25) is 5.91 Å². The van der Waals surface area contributed by atoms with E-state index in [2.05, 4.69) is 36.3 Å². The number of carbonyl (C=O) groups is 1. The molecule has 4 rings (SSSR count). The van der Waals surface area contributed by atoms with Gasteiger partial charge < -0.3 is 11.1 Å². The second kappa shape index (κ2) is 10.7. The summed E-state index contributed by atoms with van der Waals surface area (Å²) in [7, 11) is 0. The molecule has 1 atom stereocenters. The molecule has 170 valence electrons. The van der Waals surface area contributed by atoms with Crippen molar-refractivity contribution in [1.29, 1.82) is 0 Å². The van der Waals surface area contributed by atoms with E-state index in [-0.39, 0.29) is 17.1 Å². The van der Waals surface area contributed by atoms with Crippen molar-refractivity contribution in [3.05, 3.63) is 83.0 Å². The summed E-state index contributed by atoms with van der Waals surface area (Å²) in [5.41, 5.74) is 7.73. The van der Waals surface area contributed by atoms with Crippen LogP contribution in [0.15, 0.2) is 82.5 Å². The lowest BCUT2D eigenvalue weighted by Gasteiger charge is -2.31. The smallest absolute Gasteiger partial charge is 0.248 e. The minimum Gasteiger partial charge on any atom is -0.376 e. The predicted molar refractivity (Wildman–Crippen MR) is 139 cm³/mol. The maximum Gasteiger partial charge on any atom is 0.248 e. The van der Waals surface area contributed by atoms with Crippen LogP contribution in [0.4, 0.5) is 5.82 Å². The SMILES string of the molecule is NC(=S)N(c1ccc(Br)cn1)C(C(=O)NC1C=CC(=NN2CCCC2)C=C1)c1ccccc1. The van der Waals surface area contributed by atoms with Crippen molar-refractivity contribution >= 4 is 50.7 Å². The van der Waals surface area contributed by atoms with E-state index in [1.165, 1.54) is 12.8 Å². The summed E-state index contributed by atoms with van der Waals surface area (Å²) in [5, 5.41) is 9.85. The van der Waals surface area contributed by atoms with Gasteiger partial charge in [-0.2, -0.15) is 5.10 Å². The number of hydrogen-bond acceptors (Lipinski definition) is 5. The molecule has 2 aliphatic rings. The number of anilines is 1. The van der Waals surface area contributed by atoms with Crippen LogP contribution in [0, 0.1) is 0 Å². The molecular weight excluding hydrogens is 500 g/mol. The van der Waals surface area contributed by atoms with Gasteiger partial charge in [0.25, 0.3) is 0 Å². The molecule has 2 aromatic rings. The Bertz CT molecular complexity index is 1060. The number of nitrogens with two attached hydrogens (primary N) is 1. The molecule has 1 aromatic heterocycles. The number of halogens is 1. The third kappa shape index (κ3) is 5.85. The molecule has 0 spiro atoms. The van der Waals surface area contributed by atoms with Gasteiger partial charge in [-0.05, 0) is 70.8 Å². The number of pyridine rings is 1. The molecule has 0 bridgehead atoms. The Labute approximate surface area is 207 Å². The molecule has 0 saturated carbocycles. The number of hydrazone groups is 1. The molecular formula is C24H25BrN6OS. The van der Waals surface area contributed by atoms with Crippen LogP contribution in [0.25, 0.3) is 0 Å². The van der Waals surface area contributed by atoms with Gasteiger partial charge in [-0.15, -0.1) is 0 Å². The zero-order valence-corrected chi connectivity index (χ0v) is 20.4. The van der Waals surface area contributed by atoms with E-state index in [0.29, 0.717) is 5.82 Å². The van der Waals surface area contributed by atoms with Crippen LogP contribution < -0.4 is 16.0 Å². The number of rotatable bonds is 6. The van der Waals surface area contributed by atoms with Gasteiger partial charge >= 0.3 is 0 Å². The standard InChI is InChI=1S/C24H25BrN6OS/c25-18-8-13-21(27-16-18)31(24(26)33)22(17-6-2-1-3-7-17)23(32)28-19-9-11-20(12-10-19)29-30-14-4-5-15-30/h1-3,6-13,16,19,22H,4-5,14-15H2,(H2,26,33)(H,28,32). The topological polar surface area (TPSA) is 86.8 Å². The molecule has 9 heteroatoms. The number of allylic oxidation sites excluding steroid dienone is 2. The second-order valence-corrected chi connectivity index (χ2v) is 9.13. The summed E-state index contributed by atoms with van der Waals surface area (Å²) in [6, 6.07) is 12.0. The summed E-state index contributed by atoms with van der Waals surface area (Å²) in [4.78, 5) is 19.5. The molecule has 1 fully saturated rings. The number of thiocarbonyl (C=S) groups is 1. The first-order valence-electron chi connectivity index (χ1n) is 10.8. The molecule has 1 aliphatic heterocycles. The monoisotopic (exact) mass is 524 g/mol. The van der Waals surface area contributed by atoms with Gasteiger partial charge in [0.05, 0.1) is 11.8 Å². The van der Waals surface area contributed by atoms with E-state index < -0.39 is 6.04 Å². The molecule has 33 heavy (non-hydrogen) atoms. The molecule has 1 unspecified atom stereocenters. The van der Waals surface area contributed by atoms with Crippen LogP contribution in [0.1, 0.15) is 24.4 Å². The van der Waals surface area contributed by atoms with E-state index in [4.69, 9.17) is 18.0 Å². The maximum absolute atomic E-state index is 13.5. The lowest BCUT2D eigenvalue weighted by molar-refractivity contribution is -0.122. The van der Waals surface area contributed by atoms with Crippen LogP contribution in [0.5, 0.6) is 0 Å². The van der Waals surface area contributed by atoms with Crippen LogP contribution in [0.2, 0.25) is 0 Å². The van der Waals surface area contributed by atoms with Gasteiger partial charge in [-0.3, -0.25) is 14.7 Å². The molecule has 7 nitrogen and oxygen atoms in total. The minimum absolute atomic E-state index is 0.0589. The highest BCUT2D eigenvalue weighted by Gasteiger charge is 2.31. The highest BCUT2D eigenvalue weighted by Crippen LogP contribution is 2.27. The summed E-state index contributed by atoms with van der Waals surface area (Å²) in [6.45, 7) is 1.98. The Hall–Kier alpha value is -3.04. The maximum atomic E-state index is 13.5. The number of nitrogens with one attached hydrogen (secondary N) is 1. The molecule has 0 radical (unpaired) electrons. The normalized spacial score (nSPS) is 18.2. The average Bonchev–Trinajstić information content (AvgIpc) is 3.33. The van der Waals surface area contributed by atoms with E-state index in [1.54, 1.807) is 17.2 Å². The van der Waals surface area contributed by atoms with Gasteiger partial charge in [-0.25, -0.2) is 4.98 Å². The Kier molecular flexibility index (Phi) is 7.51. The number of carbonyl (C=O) groups excluding carboxylic acids is 1. The highest BCUT2D eigenvalue weighted by atomic mass is 79.9. The quantitative estimate of drug-likeness (QED) is 0.560. The minimum atomic E-state index is -0.779. The van der Waals surface area contributed by atoms with E-state index >= 15 is 0 Å². The fraction of sp³-hybridized carbons (Fsp3) is 0.250. The number of benzene rings is 1. The largest absolute Gasteiger partial charge is 0.376 e. The third-order valence-corrected chi connectivity index (χ3v) is 6.08. The zero-order valence-electron chi connectivity index (χ0n) is 18.0. The molecule has 1 aliphatic carbocycles. The van der Waals surface area contributed by atoms with Crippen LogP contribution in [-0.2, 0) is 4.79 Å². The average molecular weight is 525 g/mol. The number of nitrogens with zero attached hydrogens (tertiary/aromatic N) is 4. The van der Waals surface area contributed by atoms with Crippen molar-refractivity contribution in [2.45, 2.75) is 24.9 Å². The van der Waals surface area contributed by atoms with Crippen LogP contribution in [0.3, 0.4) is 0 Å². The first kappa shape index (κ1) is 23.1.